The van der Waals surface area contributed by atoms with Crippen molar-refractivity contribution >= 4 is 76.9 Å². The third-order valence-corrected chi connectivity index (χ3v) is 15.5. The molecule has 0 bridgehead atoms. The number of hydrogen-bond acceptors (Lipinski definition) is 18. The van der Waals surface area contributed by atoms with Crippen LogP contribution in [0.4, 0.5) is 0 Å². The molecule has 2 heterocycles. The fourth-order valence-electron chi connectivity index (χ4n) is 10.7. The maximum Gasteiger partial charge on any atom is 0.326 e. The Bertz CT molecular complexity index is 3120. The van der Waals surface area contributed by atoms with Gasteiger partial charge in [0.25, 0.3) is 0 Å². The number of hydrogen-bond donors (Lipinski definition) is 16. The van der Waals surface area contributed by atoms with Crippen molar-refractivity contribution in [2.45, 2.75) is 164 Å². The van der Waals surface area contributed by atoms with E-state index in [9.17, 15) is 93.0 Å². The fraction of sp³-hybridized carbons (Fsp3) is 0.500. The number of carboxylic acids is 2. The number of nitrogens with one attached hydrogen (secondary N) is 8. The van der Waals surface area contributed by atoms with Crippen LogP contribution in [0, 0.1) is 5.92 Å². The second kappa shape index (κ2) is 35.9. The number of aromatic hydroxyl groups is 1. The van der Waals surface area contributed by atoms with Crippen LogP contribution in [-0.4, -0.2) is 216 Å². The average molecular weight is 1300 g/mol. The van der Waals surface area contributed by atoms with Gasteiger partial charge in [-0.15, -0.1) is 0 Å². The zero-order valence-electron chi connectivity index (χ0n) is 51.7. The summed E-state index contributed by atoms with van der Waals surface area (Å²) >= 11 is 0. The van der Waals surface area contributed by atoms with E-state index in [-0.39, 0.29) is 76.1 Å². The normalized spacial score (nSPS) is 17.7. The number of carbonyl (C=O) groups is 13. The van der Waals surface area contributed by atoms with Crippen molar-refractivity contribution < 1.29 is 93.0 Å². The number of likely N-dealkylation sites (tertiary alicyclic amines) is 2. The van der Waals surface area contributed by atoms with Crippen LogP contribution >= 0.6 is 0 Å². The second-order valence-electron chi connectivity index (χ2n) is 23.3. The highest BCUT2D eigenvalue weighted by Crippen LogP contribution is 2.23. The van der Waals surface area contributed by atoms with Crippen LogP contribution in [-0.2, 0) is 81.6 Å². The number of aliphatic hydroxyl groups excluding tert-OH is 3. The van der Waals surface area contributed by atoms with Crippen molar-refractivity contribution in [1.29, 1.82) is 0 Å². The van der Waals surface area contributed by atoms with Crippen molar-refractivity contribution in [2.24, 2.45) is 17.4 Å². The third-order valence-electron chi connectivity index (χ3n) is 15.5. The molecule has 0 aromatic heterocycles. The molecule has 2 aliphatic rings. The molecule has 506 valence electrons. The lowest BCUT2D eigenvalue weighted by molar-refractivity contribution is -0.144. The Morgan fingerprint density at radius 1 is 0.516 bits per heavy atom. The number of nitrogens with two attached hydrogens (primary N) is 2. The first kappa shape index (κ1) is 74.1. The number of phenolic OH excluding ortho intramolecular Hbond substituents is 1. The first-order chi connectivity index (χ1) is 44.1. The molecule has 2 aliphatic heterocycles. The van der Waals surface area contributed by atoms with Gasteiger partial charge in [0.2, 0.25) is 65.0 Å². The van der Waals surface area contributed by atoms with Crippen LogP contribution in [0.2, 0.25) is 0 Å². The number of primary amides is 1. The number of phenols is 1. The quantitative estimate of drug-likeness (QED) is 0.0266. The number of carbonyl (C=O) groups excluding carboxylic acids is 11. The van der Waals surface area contributed by atoms with Gasteiger partial charge in [0.05, 0.1) is 31.8 Å². The minimum Gasteiger partial charge on any atom is -0.508 e. The van der Waals surface area contributed by atoms with Crippen LogP contribution in [0.15, 0.2) is 84.9 Å². The number of nitrogens with zero attached hydrogens (tertiary/aromatic N) is 2. The first-order valence-corrected chi connectivity index (χ1v) is 30.4. The Labute approximate surface area is 535 Å². The molecule has 3 aromatic rings. The number of benzene rings is 3. The minimum atomic E-state index is -1.80. The lowest BCUT2D eigenvalue weighted by Gasteiger charge is -2.31. The first-order valence-electron chi connectivity index (χ1n) is 30.4. The maximum absolute atomic E-state index is 14.7. The van der Waals surface area contributed by atoms with E-state index in [2.05, 4.69) is 42.5 Å². The average Bonchev–Trinajstić information content (AvgIpc) is 1.81. The molecular formula is C62H84N12O19. The van der Waals surface area contributed by atoms with Gasteiger partial charge in [-0.05, 0) is 86.6 Å². The van der Waals surface area contributed by atoms with Crippen LogP contribution in [0.1, 0.15) is 88.8 Å². The summed E-state index contributed by atoms with van der Waals surface area (Å²) in [5.41, 5.74) is 13.3. The minimum absolute atomic E-state index is 0.00306. The van der Waals surface area contributed by atoms with Crippen molar-refractivity contribution in [2.75, 3.05) is 26.3 Å². The van der Waals surface area contributed by atoms with Gasteiger partial charge in [-0.25, -0.2) is 4.79 Å². The fourth-order valence-corrected chi connectivity index (χ4v) is 10.7. The smallest absolute Gasteiger partial charge is 0.326 e. The predicted octanol–water partition coefficient (Wildman–Crippen LogP) is -4.16. The van der Waals surface area contributed by atoms with Gasteiger partial charge in [0, 0.05) is 32.4 Å². The van der Waals surface area contributed by atoms with E-state index < -0.39 is 182 Å². The third kappa shape index (κ3) is 22.6. The predicted molar refractivity (Wildman–Crippen MR) is 329 cm³/mol. The molecule has 93 heavy (non-hydrogen) atoms. The molecule has 0 radical (unpaired) electrons. The Hall–Kier alpha value is -9.59. The largest absolute Gasteiger partial charge is 0.508 e. The Morgan fingerprint density at radius 3 is 1.46 bits per heavy atom. The molecule has 3 aromatic carbocycles. The summed E-state index contributed by atoms with van der Waals surface area (Å²) in [5, 5.41) is 80.2. The van der Waals surface area contributed by atoms with Crippen LogP contribution in [0.5, 0.6) is 5.75 Å². The Balaban J connectivity index is 1.28. The van der Waals surface area contributed by atoms with Gasteiger partial charge in [-0.1, -0.05) is 86.6 Å². The molecule has 5 rings (SSSR count). The molecule has 2 fully saturated rings. The molecule has 0 spiro atoms. The van der Waals surface area contributed by atoms with E-state index in [1.54, 1.807) is 74.5 Å². The molecule has 0 aliphatic carbocycles. The Kier molecular flexibility index (Phi) is 28.6. The van der Waals surface area contributed by atoms with E-state index in [1.165, 1.54) is 24.3 Å². The van der Waals surface area contributed by atoms with Crippen LogP contribution in [0.3, 0.4) is 0 Å². The monoisotopic (exact) mass is 1300 g/mol. The van der Waals surface area contributed by atoms with E-state index in [0.717, 1.165) is 22.3 Å². The summed E-state index contributed by atoms with van der Waals surface area (Å²) in [7, 11) is 0. The summed E-state index contributed by atoms with van der Waals surface area (Å²) < 4.78 is 0. The summed E-state index contributed by atoms with van der Waals surface area (Å²) in [6.07, 6.45) is -3.65. The molecular weight excluding hydrogens is 1220 g/mol. The van der Waals surface area contributed by atoms with Gasteiger partial charge in [0.1, 0.15) is 66.2 Å². The SMILES string of the molecule is CC(C)C[C@H](NC(=O)[C@H](CC(N)=O)NC(=O)[C@H](CCC(=O)O)NC(=O)[C@@H]1CCCN1C(=O)[C@H](Cc1ccccc1)NC(=O)[C@H](CO)NC(=O)[C@@H]1CCCN1C(=O)[C@H](CO)NC(=O)[C@@H](NC(=O)[C@H](Cc1ccc(O)cc1)NC(=O)[C@@H](N)Cc1ccccc1)[C@@H](C)O)C(=O)O. The lowest BCUT2D eigenvalue weighted by Crippen LogP contribution is -2.62. The molecule has 18 N–H and O–H groups in total. The van der Waals surface area contributed by atoms with Gasteiger partial charge >= 0.3 is 11.9 Å². The number of rotatable bonds is 35. The number of aliphatic carboxylic acids is 2. The van der Waals surface area contributed by atoms with E-state index in [4.69, 9.17) is 11.5 Å². The molecule has 0 saturated carbocycles. The summed E-state index contributed by atoms with van der Waals surface area (Å²) in [4.78, 5) is 178. The number of amides is 11. The highest BCUT2D eigenvalue weighted by Gasteiger charge is 2.43. The van der Waals surface area contributed by atoms with Crippen LogP contribution < -0.4 is 54.0 Å². The van der Waals surface area contributed by atoms with E-state index >= 15 is 0 Å². The molecule has 11 amide bonds. The maximum atomic E-state index is 14.7. The number of carboxylic acid groups (broad SMARTS) is 2. The summed E-state index contributed by atoms with van der Waals surface area (Å²) in [5.74, 6) is -14.1. The molecule has 12 atom stereocenters. The van der Waals surface area contributed by atoms with Crippen molar-refractivity contribution in [3.05, 3.63) is 102 Å². The van der Waals surface area contributed by atoms with Gasteiger partial charge < -0.3 is 94.4 Å². The molecule has 2 saturated heterocycles. The molecule has 0 unspecified atom stereocenters. The van der Waals surface area contributed by atoms with Gasteiger partial charge in [0.15, 0.2) is 0 Å². The van der Waals surface area contributed by atoms with Crippen molar-refractivity contribution in [3.8, 4) is 5.75 Å². The van der Waals surface area contributed by atoms with Crippen molar-refractivity contribution in [1.82, 2.24) is 52.3 Å². The lowest BCUT2D eigenvalue weighted by atomic mass is 10.0. The topological polar surface area (TPSA) is 498 Å². The van der Waals surface area contributed by atoms with Crippen molar-refractivity contribution in [3.63, 3.8) is 0 Å². The summed E-state index contributed by atoms with van der Waals surface area (Å²) in [6.45, 7) is 2.26. The van der Waals surface area contributed by atoms with Gasteiger partial charge in [-0.3, -0.25) is 57.5 Å². The van der Waals surface area contributed by atoms with E-state index in [0.29, 0.717) is 11.1 Å². The molecule has 31 heteroatoms. The second-order valence-corrected chi connectivity index (χ2v) is 23.3. The number of aliphatic hydroxyl groups is 3. The Morgan fingerprint density at radius 2 is 0.957 bits per heavy atom. The zero-order valence-corrected chi connectivity index (χ0v) is 51.7. The zero-order chi connectivity index (χ0) is 68.6. The highest BCUT2D eigenvalue weighted by atomic mass is 16.4. The molecule has 31 nitrogen and oxygen atoms in total. The van der Waals surface area contributed by atoms with Crippen LogP contribution in [0.25, 0.3) is 0 Å². The summed E-state index contributed by atoms with van der Waals surface area (Å²) in [6, 6.07) is 5.72. The van der Waals surface area contributed by atoms with Gasteiger partial charge in [-0.2, -0.15) is 0 Å². The standard InChI is InChI=1S/C62H84N12O19/c1-33(2)26-44(62(92)93)69-54(84)42(30-49(64)79)67-53(83)40(22-23-50(80)81)65-57(87)47-16-10-24-73(47)60(90)43(29-36-14-8-5-9-15-36)68-56(86)45(31-75)70-58(88)48-17-11-25-74(48)61(91)46(32-76)71-59(89)51(34(3)77)72-55(85)41(28-37-18-20-38(78)21-19-37)66-52(82)39(63)27-35-12-6-4-7-13-35/h4-9,12-15,18-21,33-34,39-48,51,75-78H,10-11,16-17,22-32,63H2,1-3H3,(H2,64,79)(H,65,87)(H,66,82)(H,67,83)(H,68,86)(H,69,84)(H,70,88)(H,71,89)(H,72,85)(H,80,81)(H,92,93)/t34-,39+,40+,41+,42+,43+,44+,45+,46+,47+,48+,51+/m1/s1. The van der Waals surface area contributed by atoms with E-state index in [1.807, 2.05) is 0 Å². The highest BCUT2D eigenvalue weighted by molar-refractivity contribution is 6.00.